The van der Waals surface area contributed by atoms with E-state index >= 15 is 0 Å². The number of fused-ring (bicyclic) bond motifs is 3. The first-order valence-corrected chi connectivity index (χ1v) is 11.0. The number of rotatable bonds is 5. The quantitative estimate of drug-likeness (QED) is 0.215. The summed E-state index contributed by atoms with van der Waals surface area (Å²) in [6.07, 6.45) is -1.68. The maximum Gasteiger partial charge on any atom is 0.509 e. The summed E-state index contributed by atoms with van der Waals surface area (Å²) in [5.74, 6) is 0.414. The van der Waals surface area contributed by atoms with E-state index < -0.39 is 17.9 Å². The first-order valence-electron chi connectivity index (χ1n) is 11.0. The van der Waals surface area contributed by atoms with Gasteiger partial charge in [0.25, 0.3) is 0 Å². The molecule has 1 atom stereocenters. The monoisotopic (exact) mass is 454 g/mol. The van der Waals surface area contributed by atoms with Gasteiger partial charge in [0.15, 0.2) is 11.9 Å². The number of carbonyl (C=O) groups excluding carboxylic acids is 1. The molecule has 0 fully saturated rings. The molecule has 0 aliphatic rings. The van der Waals surface area contributed by atoms with Crippen LogP contribution < -0.4 is 5.63 Å². The molecule has 0 saturated heterocycles. The van der Waals surface area contributed by atoms with Crippen LogP contribution in [0.3, 0.4) is 0 Å². The van der Waals surface area contributed by atoms with Crippen LogP contribution in [0.15, 0.2) is 92.5 Å². The maximum absolute atomic E-state index is 12.4. The van der Waals surface area contributed by atoms with Gasteiger partial charge in [-0.3, -0.25) is 0 Å². The lowest BCUT2D eigenvalue weighted by Crippen LogP contribution is -2.14. The first-order chi connectivity index (χ1) is 16.6. The average molecular weight is 454 g/mol. The van der Waals surface area contributed by atoms with Gasteiger partial charge in [0.05, 0.1) is 12.0 Å². The number of benzene rings is 3. The number of furan rings is 1. The molecule has 1 unspecified atom stereocenters. The van der Waals surface area contributed by atoms with E-state index in [2.05, 4.69) is 0 Å². The highest BCUT2D eigenvalue weighted by Gasteiger charge is 2.30. The zero-order valence-electron chi connectivity index (χ0n) is 18.7. The lowest BCUT2D eigenvalue weighted by atomic mass is 9.95. The summed E-state index contributed by atoms with van der Waals surface area (Å²) >= 11 is 0. The van der Waals surface area contributed by atoms with Crippen molar-refractivity contribution in [3.63, 3.8) is 0 Å². The van der Waals surface area contributed by atoms with E-state index in [0.717, 1.165) is 16.5 Å². The van der Waals surface area contributed by atoms with Crippen molar-refractivity contribution < 1.29 is 23.1 Å². The Balaban J connectivity index is 1.86. The fourth-order valence-corrected chi connectivity index (χ4v) is 4.21. The molecule has 34 heavy (non-hydrogen) atoms. The number of ether oxygens (including phenoxy) is 2. The van der Waals surface area contributed by atoms with Crippen LogP contribution in [-0.4, -0.2) is 12.8 Å². The van der Waals surface area contributed by atoms with E-state index in [9.17, 15) is 9.59 Å². The molecule has 0 amide bonds. The summed E-state index contributed by atoms with van der Waals surface area (Å²) in [6, 6.07) is 24.1. The van der Waals surface area contributed by atoms with E-state index in [1.165, 1.54) is 6.07 Å². The van der Waals surface area contributed by atoms with Crippen LogP contribution in [0.4, 0.5) is 4.79 Å². The second-order valence-electron chi connectivity index (χ2n) is 7.86. The number of aryl methyl sites for hydroxylation is 1. The zero-order chi connectivity index (χ0) is 23.7. The van der Waals surface area contributed by atoms with Crippen LogP contribution >= 0.6 is 0 Å². The van der Waals surface area contributed by atoms with E-state index in [-0.39, 0.29) is 6.61 Å². The minimum Gasteiger partial charge on any atom is -0.456 e. The smallest absolute Gasteiger partial charge is 0.456 e. The second kappa shape index (κ2) is 8.90. The SMILES string of the molecule is CCOC(=O)OC(c1ccccc1)c1oc2ccc3c(C)cc(=O)oc3c2c1-c1ccccc1. The van der Waals surface area contributed by atoms with Crippen LogP contribution in [0.1, 0.15) is 29.9 Å². The summed E-state index contributed by atoms with van der Waals surface area (Å²) in [4.78, 5) is 24.7. The Bertz CT molecular complexity index is 1530. The summed E-state index contributed by atoms with van der Waals surface area (Å²) < 4.78 is 22.9. The van der Waals surface area contributed by atoms with Gasteiger partial charge in [0, 0.05) is 22.6 Å². The van der Waals surface area contributed by atoms with Crippen LogP contribution in [-0.2, 0) is 9.47 Å². The number of carbonyl (C=O) groups is 1. The van der Waals surface area contributed by atoms with E-state index in [1.807, 2.05) is 79.7 Å². The molecule has 170 valence electrons. The lowest BCUT2D eigenvalue weighted by Gasteiger charge is -2.17. The molecule has 2 heterocycles. The third kappa shape index (κ3) is 3.83. The first kappa shape index (κ1) is 21.5. The van der Waals surface area contributed by atoms with Gasteiger partial charge in [0.1, 0.15) is 11.2 Å². The molecule has 0 radical (unpaired) electrons. The standard InChI is InChI=1S/C28H22O6/c1-3-31-28(30)34-25(19-12-8-5-9-13-19)27-23(18-10-6-4-7-11-18)24-21(32-27)15-14-20-17(2)16-22(29)33-26(20)24/h4-16,25H,3H2,1-2H3. The maximum atomic E-state index is 12.4. The average Bonchev–Trinajstić information content (AvgIpc) is 3.23. The molecule has 2 aromatic heterocycles. The molecular formula is C28H22O6. The van der Waals surface area contributed by atoms with Crippen LogP contribution in [0.2, 0.25) is 0 Å². The molecule has 0 spiro atoms. The Morgan fingerprint density at radius 2 is 1.65 bits per heavy atom. The molecule has 3 aromatic carbocycles. The van der Waals surface area contributed by atoms with Crippen molar-refractivity contribution in [2.24, 2.45) is 0 Å². The van der Waals surface area contributed by atoms with Gasteiger partial charge in [-0.15, -0.1) is 0 Å². The molecule has 0 N–H and O–H groups in total. The highest BCUT2D eigenvalue weighted by Crippen LogP contribution is 2.44. The summed E-state index contributed by atoms with van der Waals surface area (Å²) in [5, 5.41) is 1.45. The molecule has 0 aliphatic heterocycles. The third-order valence-electron chi connectivity index (χ3n) is 5.68. The van der Waals surface area contributed by atoms with Gasteiger partial charge in [-0.25, -0.2) is 9.59 Å². The van der Waals surface area contributed by atoms with Gasteiger partial charge < -0.3 is 18.3 Å². The minimum atomic E-state index is -0.880. The highest BCUT2D eigenvalue weighted by molar-refractivity contribution is 6.11. The van der Waals surface area contributed by atoms with Crippen molar-refractivity contribution >= 4 is 28.1 Å². The largest absolute Gasteiger partial charge is 0.509 e. The van der Waals surface area contributed by atoms with Crippen molar-refractivity contribution in [3.8, 4) is 11.1 Å². The van der Waals surface area contributed by atoms with Crippen molar-refractivity contribution in [2.45, 2.75) is 20.0 Å². The topological polar surface area (TPSA) is 78.9 Å². The molecule has 5 aromatic rings. The van der Waals surface area contributed by atoms with Crippen molar-refractivity contribution in [2.75, 3.05) is 6.61 Å². The fraction of sp³-hybridized carbons (Fsp3) is 0.143. The predicted octanol–water partition coefficient (Wildman–Crippen LogP) is 6.78. The Kier molecular flexibility index (Phi) is 5.64. The fourth-order valence-electron chi connectivity index (χ4n) is 4.21. The predicted molar refractivity (Wildman–Crippen MR) is 129 cm³/mol. The molecule has 0 aliphatic carbocycles. The highest BCUT2D eigenvalue weighted by atomic mass is 16.7. The molecule has 0 saturated carbocycles. The minimum absolute atomic E-state index is 0.182. The zero-order valence-corrected chi connectivity index (χ0v) is 18.7. The number of hydrogen-bond donors (Lipinski definition) is 0. The summed E-state index contributed by atoms with van der Waals surface area (Å²) in [6.45, 7) is 3.76. The Morgan fingerprint density at radius 1 is 0.941 bits per heavy atom. The van der Waals surface area contributed by atoms with Crippen LogP contribution in [0, 0.1) is 6.92 Å². The second-order valence-corrected chi connectivity index (χ2v) is 7.86. The van der Waals surface area contributed by atoms with Crippen molar-refractivity contribution in [3.05, 3.63) is 106 Å². The molecule has 6 heteroatoms. The van der Waals surface area contributed by atoms with Crippen LogP contribution in [0.5, 0.6) is 0 Å². The van der Waals surface area contributed by atoms with Crippen molar-refractivity contribution in [1.82, 2.24) is 0 Å². The van der Waals surface area contributed by atoms with Gasteiger partial charge >= 0.3 is 11.8 Å². The van der Waals surface area contributed by atoms with E-state index in [1.54, 1.807) is 6.92 Å². The molecule has 6 nitrogen and oxygen atoms in total. The van der Waals surface area contributed by atoms with Crippen molar-refractivity contribution in [1.29, 1.82) is 0 Å². The Hall–Kier alpha value is -4.32. The number of hydrogen-bond acceptors (Lipinski definition) is 6. The van der Waals surface area contributed by atoms with E-state index in [4.69, 9.17) is 18.3 Å². The lowest BCUT2D eigenvalue weighted by molar-refractivity contribution is 0.0324. The summed E-state index contributed by atoms with van der Waals surface area (Å²) in [5.41, 5.74) is 3.55. The third-order valence-corrected chi connectivity index (χ3v) is 5.68. The molecule has 0 bridgehead atoms. The van der Waals surface area contributed by atoms with Gasteiger partial charge in [-0.2, -0.15) is 0 Å². The van der Waals surface area contributed by atoms with E-state index in [0.29, 0.717) is 33.4 Å². The van der Waals surface area contributed by atoms with Gasteiger partial charge in [0.2, 0.25) is 0 Å². The van der Waals surface area contributed by atoms with Crippen LogP contribution in [0.25, 0.3) is 33.1 Å². The molecular weight excluding hydrogens is 432 g/mol. The Labute approximate surface area is 195 Å². The van der Waals surface area contributed by atoms with Gasteiger partial charge in [-0.05, 0) is 37.1 Å². The summed E-state index contributed by atoms with van der Waals surface area (Å²) in [7, 11) is 0. The Morgan fingerprint density at radius 3 is 2.35 bits per heavy atom. The normalized spacial score (nSPS) is 12.1. The van der Waals surface area contributed by atoms with Gasteiger partial charge in [-0.1, -0.05) is 60.7 Å². The molecule has 5 rings (SSSR count).